The number of nitrogens with zero attached hydrogens (tertiary/aromatic N) is 2. The van der Waals surface area contributed by atoms with E-state index in [9.17, 15) is 9.59 Å². The number of hydrogen-bond donors (Lipinski definition) is 3. The molecule has 3 N–H and O–H groups in total. The lowest BCUT2D eigenvalue weighted by Crippen LogP contribution is -2.39. The van der Waals surface area contributed by atoms with E-state index in [0.29, 0.717) is 0 Å². The molecule has 1 aliphatic rings. The number of amides is 2. The third-order valence-electron chi connectivity index (χ3n) is 2.84. The van der Waals surface area contributed by atoms with Crippen LogP contribution in [0.4, 0.5) is 10.5 Å². The molecule has 0 spiro atoms. The summed E-state index contributed by atoms with van der Waals surface area (Å²) in [6, 6.07) is 2.76. The number of hydrogen-bond acceptors (Lipinski definition) is 4. The van der Waals surface area contributed by atoms with Gasteiger partial charge in [0, 0.05) is 18.8 Å². The normalized spacial score (nSPS) is 13.9. The molecule has 0 atom stereocenters. The van der Waals surface area contributed by atoms with Crippen molar-refractivity contribution >= 4 is 17.7 Å². The lowest BCUT2D eigenvalue weighted by molar-refractivity contribution is 0.0691. The summed E-state index contributed by atoms with van der Waals surface area (Å²) in [6.45, 7) is 0.113. The summed E-state index contributed by atoms with van der Waals surface area (Å²) in [4.78, 5) is 28.2. The highest BCUT2D eigenvalue weighted by atomic mass is 16.4. The average molecular weight is 265 g/mol. The second-order valence-electron chi connectivity index (χ2n) is 4.28. The zero-order valence-corrected chi connectivity index (χ0v) is 10.2. The van der Waals surface area contributed by atoms with Gasteiger partial charge in [0.2, 0.25) is 0 Å². The van der Waals surface area contributed by atoms with E-state index in [-0.39, 0.29) is 30.6 Å². The van der Waals surface area contributed by atoms with E-state index in [4.69, 9.17) is 10.2 Å². The van der Waals surface area contributed by atoms with Crippen LogP contribution in [0.3, 0.4) is 0 Å². The highest BCUT2D eigenvalue weighted by Gasteiger charge is 2.32. The molecule has 1 fully saturated rings. The van der Waals surface area contributed by atoms with Gasteiger partial charge in [-0.3, -0.25) is 0 Å². The smallest absolute Gasteiger partial charge is 0.356 e. The number of anilines is 1. The molecule has 1 saturated carbocycles. The molecule has 7 heteroatoms. The van der Waals surface area contributed by atoms with E-state index in [2.05, 4.69) is 10.3 Å². The standard InChI is InChI=1S/C12H15N3O4/c16-7-6-15(8-3-4-8)12(19)14-9-2-1-5-13-10(9)11(17)18/h1-2,5,8,16H,3-4,6-7H2,(H,14,19)(H,17,18). The van der Waals surface area contributed by atoms with Crippen molar-refractivity contribution in [2.45, 2.75) is 18.9 Å². The fourth-order valence-electron chi connectivity index (χ4n) is 1.81. The van der Waals surface area contributed by atoms with Crippen LogP contribution in [0.1, 0.15) is 23.3 Å². The van der Waals surface area contributed by atoms with Crippen molar-refractivity contribution in [3.05, 3.63) is 24.0 Å². The molecule has 102 valence electrons. The van der Waals surface area contributed by atoms with Crippen LogP contribution in [0.5, 0.6) is 0 Å². The van der Waals surface area contributed by atoms with Crippen molar-refractivity contribution in [2.75, 3.05) is 18.5 Å². The maximum atomic E-state index is 12.0. The van der Waals surface area contributed by atoms with E-state index in [1.807, 2.05) is 0 Å². The molecule has 0 aromatic carbocycles. The van der Waals surface area contributed by atoms with Gasteiger partial charge in [0.1, 0.15) is 0 Å². The minimum Gasteiger partial charge on any atom is -0.476 e. The van der Waals surface area contributed by atoms with E-state index in [1.165, 1.54) is 17.2 Å². The van der Waals surface area contributed by atoms with Gasteiger partial charge in [-0.25, -0.2) is 14.6 Å². The second-order valence-corrected chi connectivity index (χ2v) is 4.28. The Morgan fingerprint density at radius 2 is 2.21 bits per heavy atom. The Morgan fingerprint density at radius 3 is 2.79 bits per heavy atom. The van der Waals surface area contributed by atoms with Gasteiger partial charge < -0.3 is 20.4 Å². The number of carboxylic acid groups (broad SMARTS) is 1. The maximum Gasteiger partial charge on any atom is 0.356 e. The fraction of sp³-hybridized carbons (Fsp3) is 0.417. The third-order valence-corrected chi connectivity index (χ3v) is 2.84. The molecule has 2 rings (SSSR count). The van der Waals surface area contributed by atoms with Crippen LogP contribution in [-0.2, 0) is 0 Å². The predicted octanol–water partition coefficient (Wildman–Crippen LogP) is 0.768. The van der Waals surface area contributed by atoms with E-state index in [0.717, 1.165) is 12.8 Å². The Kier molecular flexibility index (Phi) is 3.96. The number of pyridine rings is 1. The van der Waals surface area contributed by atoms with Crippen LogP contribution >= 0.6 is 0 Å². The molecule has 0 saturated heterocycles. The number of carbonyl (C=O) groups is 2. The van der Waals surface area contributed by atoms with Crippen LogP contribution in [0.15, 0.2) is 18.3 Å². The van der Waals surface area contributed by atoms with Gasteiger partial charge in [-0.2, -0.15) is 0 Å². The summed E-state index contributed by atoms with van der Waals surface area (Å²) in [5, 5.41) is 20.4. The summed E-state index contributed by atoms with van der Waals surface area (Å²) < 4.78 is 0. The maximum absolute atomic E-state index is 12.0. The van der Waals surface area contributed by atoms with Crippen molar-refractivity contribution in [1.82, 2.24) is 9.88 Å². The SMILES string of the molecule is O=C(O)c1ncccc1NC(=O)N(CCO)C1CC1. The Hall–Kier alpha value is -2.15. The number of aromatic carboxylic acids is 1. The first-order valence-corrected chi connectivity index (χ1v) is 6.00. The van der Waals surface area contributed by atoms with Crippen molar-refractivity contribution in [2.24, 2.45) is 0 Å². The van der Waals surface area contributed by atoms with Crippen LogP contribution in [0, 0.1) is 0 Å². The Bertz CT molecular complexity index is 488. The highest BCUT2D eigenvalue weighted by Crippen LogP contribution is 2.27. The van der Waals surface area contributed by atoms with Crippen molar-refractivity contribution in [1.29, 1.82) is 0 Å². The average Bonchev–Trinajstić information content (AvgIpc) is 3.20. The molecule has 0 aliphatic heterocycles. The zero-order chi connectivity index (χ0) is 13.8. The predicted molar refractivity (Wildman–Crippen MR) is 67.0 cm³/mol. The molecule has 2 amide bonds. The van der Waals surface area contributed by atoms with E-state index in [1.54, 1.807) is 6.07 Å². The van der Waals surface area contributed by atoms with Gasteiger partial charge in [-0.15, -0.1) is 0 Å². The molecule has 0 radical (unpaired) electrons. The summed E-state index contributed by atoms with van der Waals surface area (Å²) >= 11 is 0. The van der Waals surface area contributed by atoms with Crippen LogP contribution in [0.25, 0.3) is 0 Å². The molecular weight excluding hydrogens is 250 g/mol. The number of urea groups is 1. The van der Waals surface area contributed by atoms with Gasteiger partial charge in [-0.1, -0.05) is 0 Å². The Morgan fingerprint density at radius 1 is 1.47 bits per heavy atom. The number of rotatable bonds is 5. The number of carbonyl (C=O) groups excluding carboxylic acids is 1. The van der Waals surface area contributed by atoms with Crippen LogP contribution < -0.4 is 5.32 Å². The summed E-state index contributed by atoms with van der Waals surface area (Å²) in [5.41, 5.74) is -0.0424. The molecule has 19 heavy (non-hydrogen) atoms. The number of aliphatic hydroxyl groups is 1. The highest BCUT2D eigenvalue weighted by molar-refractivity contribution is 5.98. The monoisotopic (exact) mass is 265 g/mol. The number of aromatic nitrogens is 1. The number of carboxylic acids is 1. The third kappa shape index (κ3) is 3.19. The summed E-state index contributed by atoms with van der Waals surface area (Å²) in [5.74, 6) is -1.20. The molecule has 7 nitrogen and oxygen atoms in total. The molecule has 1 aromatic rings. The Labute approximate surface area is 109 Å². The molecule has 1 heterocycles. The summed E-state index contributed by atoms with van der Waals surface area (Å²) in [6.07, 6.45) is 3.17. The fourth-order valence-corrected chi connectivity index (χ4v) is 1.81. The topological polar surface area (TPSA) is 103 Å². The zero-order valence-electron chi connectivity index (χ0n) is 10.2. The molecule has 1 aliphatic carbocycles. The second kappa shape index (κ2) is 5.66. The van der Waals surface area contributed by atoms with Gasteiger partial charge >= 0.3 is 12.0 Å². The van der Waals surface area contributed by atoms with Crippen LogP contribution in [-0.4, -0.2) is 51.3 Å². The summed E-state index contributed by atoms with van der Waals surface area (Å²) in [7, 11) is 0. The first-order valence-electron chi connectivity index (χ1n) is 6.00. The quantitative estimate of drug-likeness (QED) is 0.729. The minimum atomic E-state index is -1.20. The van der Waals surface area contributed by atoms with Crippen molar-refractivity contribution in [3.8, 4) is 0 Å². The van der Waals surface area contributed by atoms with Gasteiger partial charge in [-0.05, 0) is 25.0 Å². The molecule has 0 bridgehead atoms. The first kappa shape index (κ1) is 13.3. The number of aliphatic hydroxyl groups excluding tert-OH is 1. The Balaban J connectivity index is 2.11. The molecule has 0 unspecified atom stereocenters. The largest absolute Gasteiger partial charge is 0.476 e. The molecule has 1 aromatic heterocycles. The number of nitrogens with one attached hydrogen (secondary N) is 1. The minimum absolute atomic E-state index is 0.122. The van der Waals surface area contributed by atoms with Gasteiger partial charge in [0.25, 0.3) is 0 Å². The van der Waals surface area contributed by atoms with Gasteiger partial charge in [0.05, 0.1) is 12.3 Å². The van der Waals surface area contributed by atoms with Gasteiger partial charge in [0.15, 0.2) is 5.69 Å². The van der Waals surface area contributed by atoms with Crippen molar-refractivity contribution in [3.63, 3.8) is 0 Å². The van der Waals surface area contributed by atoms with Crippen molar-refractivity contribution < 1.29 is 19.8 Å². The lowest BCUT2D eigenvalue weighted by atomic mass is 10.3. The van der Waals surface area contributed by atoms with E-state index >= 15 is 0 Å². The van der Waals surface area contributed by atoms with Crippen LogP contribution in [0.2, 0.25) is 0 Å². The lowest BCUT2D eigenvalue weighted by Gasteiger charge is -2.22. The molecular formula is C12H15N3O4. The van der Waals surface area contributed by atoms with E-state index < -0.39 is 12.0 Å². The first-order chi connectivity index (χ1) is 9.13.